The number of halogens is 3. The number of carbonyl (C=O) groups is 1. The van der Waals surface area contributed by atoms with Crippen LogP contribution in [0.5, 0.6) is 5.75 Å². The number of pyridine rings is 1. The van der Waals surface area contributed by atoms with Crippen molar-refractivity contribution in [3.8, 4) is 17.0 Å². The zero-order valence-corrected chi connectivity index (χ0v) is 25.2. The Balaban J connectivity index is 1.14. The molecule has 6 rings (SSSR count). The Labute approximate surface area is 257 Å². The highest BCUT2D eigenvalue weighted by molar-refractivity contribution is 7.85. The topological polar surface area (TPSA) is 144 Å². The third-order valence-electron chi connectivity index (χ3n) is 8.61. The van der Waals surface area contributed by atoms with E-state index in [1.54, 1.807) is 18.2 Å². The van der Waals surface area contributed by atoms with Crippen LogP contribution in [0.2, 0.25) is 0 Å². The molecular formula is C30H33F3N4O7S. The standard InChI is InChI=1S/C30H33F3N4O7S/c1-17-12-20-13-21(14-24(17)37(20)26-9-8-19(15-35-26)29(38)34-10-11-45(39,40)41)42-16-23-27(36-44-28(23)18-6-7-18)22-4-2-3-5-25(22)43-30(31,32)33/h2-5,8-9,15,17-18,20-21,24H,6-7,10-14,16H2,1H3,(H,34,38)(H,39,40,41)/t17-,20?,21?,24?/m1/s1. The van der Waals surface area contributed by atoms with E-state index in [1.807, 2.05) is 0 Å². The van der Waals surface area contributed by atoms with Crippen molar-refractivity contribution in [2.45, 2.75) is 76.1 Å². The molecule has 1 aliphatic carbocycles. The Morgan fingerprint density at radius 2 is 1.93 bits per heavy atom. The maximum atomic E-state index is 13.1. The molecule has 2 N–H and O–H groups in total. The first kappa shape index (κ1) is 31.3. The van der Waals surface area contributed by atoms with Crippen LogP contribution in [0.4, 0.5) is 19.0 Å². The van der Waals surface area contributed by atoms with Crippen molar-refractivity contribution >= 4 is 21.8 Å². The molecule has 0 radical (unpaired) electrons. The number of alkyl halides is 3. The predicted molar refractivity (Wildman–Crippen MR) is 155 cm³/mol. The van der Waals surface area contributed by atoms with Gasteiger partial charge in [-0.15, -0.1) is 13.2 Å². The average molecular weight is 651 g/mol. The van der Waals surface area contributed by atoms with Gasteiger partial charge in [0.2, 0.25) is 0 Å². The molecule has 3 aromatic rings. The summed E-state index contributed by atoms with van der Waals surface area (Å²) in [5.41, 5.74) is 1.39. The van der Waals surface area contributed by atoms with Crippen LogP contribution in [0.15, 0.2) is 47.1 Å². The van der Waals surface area contributed by atoms with Crippen molar-refractivity contribution in [1.82, 2.24) is 15.5 Å². The van der Waals surface area contributed by atoms with E-state index < -0.39 is 28.1 Å². The summed E-state index contributed by atoms with van der Waals surface area (Å²) < 4.78 is 86.4. The minimum absolute atomic E-state index is 0.106. The minimum Gasteiger partial charge on any atom is -0.405 e. The van der Waals surface area contributed by atoms with E-state index in [4.69, 9.17) is 13.8 Å². The Hall–Kier alpha value is -3.69. The van der Waals surface area contributed by atoms with Crippen LogP contribution in [0.1, 0.15) is 66.6 Å². The van der Waals surface area contributed by atoms with Crippen molar-refractivity contribution in [3.63, 3.8) is 0 Å². The molecule has 2 saturated heterocycles. The number of nitrogens with zero attached hydrogens (tertiary/aromatic N) is 3. The number of nitrogens with one attached hydrogen (secondary N) is 1. The molecule has 11 nitrogen and oxygen atoms in total. The van der Waals surface area contributed by atoms with E-state index in [9.17, 15) is 26.4 Å². The highest BCUT2D eigenvalue weighted by Gasteiger charge is 2.46. The largest absolute Gasteiger partial charge is 0.573 e. The fourth-order valence-corrected chi connectivity index (χ4v) is 6.81. The number of para-hydroxylation sites is 1. The van der Waals surface area contributed by atoms with Crippen LogP contribution >= 0.6 is 0 Å². The molecule has 1 saturated carbocycles. The van der Waals surface area contributed by atoms with E-state index in [2.05, 4.69) is 32.0 Å². The number of rotatable bonds is 11. The summed E-state index contributed by atoms with van der Waals surface area (Å²) in [6.45, 7) is 2.10. The van der Waals surface area contributed by atoms with E-state index in [-0.39, 0.29) is 59.8 Å². The van der Waals surface area contributed by atoms with Gasteiger partial charge < -0.3 is 24.2 Å². The number of carbonyl (C=O) groups excluding carboxylic acids is 1. The van der Waals surface area contributed by atoms with E-state index in [1.165, 1.54) is 24.4 Å². The summed E-state index contributed by atoms with van der Waals surface area (Å²) in [4.78, 5) is 19.1. The number of hydrogen-bond donors (Lipinski definition) is 2. The molecule has 3 aliphatic rings. The van der Waals surface area contributed by atoms with Crippen LogP contribution in [-0.4, -0.2) is 65.9 Å². The molecule has 242 valence electrons. The maximum absolute atomic E-state index is 13.1. The third-order valence-corrected chi connectivity index (χ3v) is 9.33. The van der Waals surface area contributed by atoms with E-state index in [0.29, 0.717) is 30.1 Å². The van der Waals surface area contributed by atoms with Crippen molar-refractivity contribution in [3.05, 3.63) is 59.5 Å². The Bertz CT molecular complexity index is 1640. The lowest BCUT2D eigenvalue weighted by Gasteiger charge is -2.40. The van der Waals surface area contributed by atoms with Gasteiger partial charge in [0.25, 0.3) is 16.0 Å². The first-order valence-electron chi connectivity index (χ1n) is 14.8. The number of ether oxygens (including phenoxy) is 2. The number of amides is 1. The van der Waals surface area contributed by atoms with Crippen LogP contribution in [0.3, 0.4) is 0 Å². The molecular weight excluding hydrogens is 617 g/mol. The number of piperidine rings is 1. The number of fused-ring (bicyclic) bond motifs is 2. The highest BCUT2D eigenvalue weighted by Crippen LogP contribution is 2.47. The van der Waals surface area contributed by atoms with Gasteiger partial charge in [0.1, 0.15) is 23.0 Å². The van der Waals surface area contributed by atoms with Crippen LogP contribution < -0.4 is 15.0 Å². The lowest BCUT2D eigenvalue weighted by molar-refractivity contribution is -0.274. The third kappa shape index (κ3) is 7.25. The zero-order valence-electron chi connectivity index (χ0n) is 24.4. The molecule has 3 unspecified atom stereocenters. The summed E-state index contributed by atoms with van der Waals surface area (Å²) in [5, 5.41) is 6.62. The Morgan fingerprint density at radius 3 is 2.60 bits per heavy atom. The van der Waals surface area contributed by atoms with Gasteiger partial charge in [0.05, 0.1) is 24.0 Å². The van der Waals surface area contributed by atoms with Gasteiger partial charge in [0.15, 0.2) is 0 Å². The second-order valence-corrected chi connectivity index (χ2v) is 13.5. The molecule has 3 fully saturated rings. The van der Waals surface area contributed by atoms with Crippen LogP contribution in [0.25, 0.3) is 11.3 Å². The monoisotopic (exact) mass is 650 g/mol. The number of hydrogen-bond acceptors (Lipinski definition) is 9. The molecule has 15 heteroatoms. The first-order valence-corrected chi connectivity index (χ1v) is 16.4. The summed E-state index contributed by atoms with van der Waals surface area (Å²) in [6, 6.07) is 9.54. The van der Waals surface area contributed by atoms with Crippen LogP contribution in [0, 0.1) is 5.92 Å². The number of aromatic nitrogens is 2. The van der Waals surface area contributed by atoms with Crippen molar-refractivity contribution in [2.24, 2.45) is 5.92 Å². The van der Waals surface area contributed by atoms with Gasteiger partial charge in [-0.2, -0.15) is 8.42 Å². The molecule has 4 heterocycles. The van der Waals surface area contributed by atoms with Gasteiger partial charge in [-0.25, -0.2) is 4.98 Å². The minimum atomic E-state index is -4.85. The van der Waals surface area contributed by atoms with E-state index >= 15 is 0 Å². The first-order chi connectivity index (χ1) is 21.4. The summed E-state index contributed by atoms with van der Waals surface area (Å²) in [7, 11) is -4.18. The SMILES string of the molecule is C[C@@H]1CC2CC(OCc3c(-c4ccccc4OC(F)(F)F)noc3C3CC3)CC1N2c1ccc(C(=O)NCCS(=O)(=O)O)cn1. The fraction of sp³-hybridized carbons (Fsp3) is 0.500. The molecule has 2 aliphatic heterocycles. The maximum Gasteiger partial charge on any atom is 0.573 e. The second-order valence-electron chi connectivity index (χ2n) is 11.9. The molecule has 2 bridgehead atoms. The molecule has 0 spiro atoms. The van der Waals surface area contributed by atoms with Gasteiger partial charge >= 0.3 is 6.36 Å². The van der Waals surface area contributed by atoms with Crippen molar-refractivity contribution < 1.29 is 44.9 Å². The van der Waals surface area contributed by atoms with Crippen molar-refractivity contribution in [2.75, 3.05) is 17.2 Å². The quantitative estimate of drug-likeness (QED) is 0.269. The summed E-state index contributed by atoms with van der Waals surface area (Å²) in [5.74, 6) is 0.463. The molecule has 1 aromatic carbocycles. The average Bonchev–Trinajstić information content (AvgIpc) is 3.69. The van der Waals surface area contributed by atoms with Gasteiger partial charge in [-0.3, -0.25) is 9.35 Å². The van der Waals surface area contributed by atoms with Gasteiger partial charge in [0, 0.05) is 41.9 Å². The summed E-state index contributed by atoms with van der Waals surface area (Å²) >= 11 is 0. The van der Waals surface area contributed by atoms with Crippen LogP contribution in [-0.2, 0) is 21.5 Å². The second kappa shape index (κ2) is 12.2. The Kier molecular flexibility index (Phi) is 8.52. The number of anilines is 1. The van der Waals surface area contributed by atoms with Gasteiger partial charge in [-0.1, -0.05) is 24.2 Å². The molecule has 1 amide bonds. The van der Waals surface area contributed by atoms with E-state index in [0.717, 1.165) is 25.1 Å². The van der Waals surface area contributed by atoms with Crippen molar-refractivity contribution in [1.29, 1.82) is 0 Å². The zero-order chi connectivity index (χ0) is 31.9. The number of benzene rings is 1. The summed E-state index contributed by atoms with van der Waals surface area (Å²) in [6.07, 6.45) is 0.674. The Morgan fingerprint density at radius 1 is 1.16 bits per heavy atom. The lowest BCUT2D eigenvalue weighted by Crippen LogP contribution is -2.47. The molecule has 2 aromatic heterocycles. The smallest absolute Gasteiger partial charge is 0.405 e. The highest BCUT2D eigenvalue weighted by atomic mass is 32.2. The molecule has 4 atom stereocenters. The normalized spacial score (nSPS) is 23.3. The fourth-order valence-electron chi connectivity index (χ4n) is 6.45. The molecule has 45 heavy (non-hydrogen) atoms. The lowest BCUT2D eigenvalue weighted by atomic mass is 9.96. The predicted octanol–water partition coefficient (Wildman–Crippen LogP) is 5.09. The van der Waals surface area contributed by atoms with Gasteiger partial charge in [-0.05, 0) is 62.3 Å².